The van der Waals surface area contributed by atoms with Gasteiger partial charge in [0.1, 0.15) is 5.60 Å². The summed E-state index contributed by atoms with van der Waals surface area (Å²) in [5.74, 6) is -1.52. The van der Waals surface area contributed by atoms with Crippen molar-refractivity contribution in [1.29, 1.82) is 0 Å². The summed E-state index contributed by atoms with van der Waals surface area (Å²) in [6.45, 7) is 11.2. The molecule has 0 aliphatic rings. The van der Waals surface area contributed by atoms with Gasteiger partial charge in [0.15, 0.2) is 0 Å². The maximum absolute atomic E-state index is 11.6. The molecule has 0 radical (unpaired) electrons. The van der Waals surface area contributed by atoms with E-state index in [0.29, 0.717) is 0 Å². The van der Waals surface area contributed by atoms with Crippen LogP contribution in [-0.2, 0) is 19.1 Å². The van der Waals surface area contributed by atoms with Crippen LogP contribution in [0.5, 0.6) is 0 Å². The third-order valence-electron chi connectivity index (χ3n) is 1.46. The smallest absolute Gasteiger partial charge is 0.366 e. The molecular weight excluding hydrogens is 210 g/mol. The molecule has 0 aromatic rings. The summed E-state index contributed by atoms with van der Waals surface area (Å²) in [4.78, 5) is 22.8. The molecule has 0 amide bonds. The number of esters is 2. The van der Waals surface area contributed by atoms with Crippen LogP contribution in [0.15, 0.2) is 12.2 Å². The van der Waals surface area contributed by atoms with Crippen molar-refractivity contribution in [3.05, 3.63) is 12.2 Å². The first kappa shape index (κ1) is 14.6. The van der Waals surface area contributed by atoms with Crippen molar-refractivity contribution in [3.63, 3.8) is 0 Å². The zero-order chi connectivity index (χ0) is 13.1. The van der Waals surface area contributed by atoms with Crippen LogP contribution < -0.4 is 5.73 Å². The monoisotopic (exact) mass is 229 g/mol. The molecular formula is C11H19NO4. The molecule has 0 spiro atoms. The lowest BCUT2D eigenvalue weighted by atomic mass is 10.2. The van der Waals surface area contributed by atoms with E-state index in [1.165, 1.54) is 13.8 Å². The van der Waals surface area contributed by atoms with Gasteiger partial charge in [-0.1, -0.05) is 6.58 Å². The lowest BCUT2D eigenvalue weighted by Gasteiger charge is -2.27. The van der Waals surface area contributed by atoms with E-state index in [1.807, 2.05) is 0 Å². The van der Waals surface area contributed by atoms with Crippen LogP contribution in [0, 0.1) is 0 Å². The van der Waals surface area contributed by atoms with Crippen molar-refractivity contribution < 1.29 is 19.1 Å². The van der Waals surface area contributed by atoms with Crippen LogP contribution in [0.1, 0.15) is 34.6 Å². The Morgan fingerprint density at radius 1 is 1.12 bits per heavy atom. The molecule has 1 unspecified atom stereocenters. The SMILES string of the molecule is C=C(C)C(=O)OC(C)(N)C(=O)OC(C)(C)C. The van der Waals surface area contributed by atoms with E-state index in [9.17, 15) is 9.59 Å². The number of carbonyl (C=O) groups excluding carboxylic acids is 2. The molecule has 0 rings (SSSR count). The van der Waals surface area contributed by atoms with Crippen molar-refractivity contribution in [1.82, 2.24) is 0 Å². The summed E-state index contributed by atoms with van der Waals surface area (Å²) in [5, 5.41) is 0. The Labute approximate surface area is 95.6 Å². The molecule has 0 bridgehead atoms. The Morgan fingerprint density at radius 3 is 1.88 bits per heavy atom. The number of carbonyl (C=O) groups is 2. The van der Waals surface area contributed by atoms with E-state index in [4.69, 9.17) is 15.2 Å². The first-order valence-corrected chi connectivity index (χ1v) is 4.87. The molecule has 92 valence electrons. The van der Waals surface area contributed by atoms with Crippen molar-refractivity contribution in [2.45, 2.75) is 45.9 Å². The van der Waals surface area contributed by atoms with E-state index in [1.54, 1.807) is 20.8 Å². The minimum Gasteiger partial charge on any atom is -0.456 e. The van der Waals surface area contributed by atoms with Gasteiger partial charge in [0.2, 0.25) is 0 Å². The molecule has 5 nitrogen and oxygen atoms in total. The molecule has 0 aromatic heterocycles. The first-order valence-electron chi connectivity index (χ1n) is 4.87. The van der Waals surface area contributed by atoms with Crippen molar-refractivity contribution in [2.75, 3.05) is 0 Å². The van der Waals surface area contributed by atoms with Gasteiger partial charge < -0.3 is 9.47 Å². The molecule has 0 saturated heterocycles. The Balaban J connectivity index is 4.61. The van der Waals surface area contributed by atoms with Crippen LogP contribution in [0.3, 0.4) is 0 Å². The van der Waals surface area contributed by atoms with Gasteiger partial charge in [-0.2, -0.15) is 0 Å². The lowest BCUT2D eigenvalue weighted by Crippen LogP contribution is -2.51. The predicted octanol–water partition coefficient (Wildman–Crippen LogP) is 1.12. The topological polar surface area (TPSA) is 78.6 Å². The second kappa shape index (κ2) is 4.65. The molecule has 0 heterocycles. The van der Waals surface area contributed by atoms with Gasteiger partial charge in [-0.15, -0.1) is 0 Å². The van der Waals surface area contributed by atoms with Crippen LogP contribution in [-0.4, -0.2) is 23.3 Å². The fourth-order valence-corrected chi connectivity index (χ4v) is 0.701. The van der Waals surface area contributed by atoms with E-state index in [-0.39, 0.29) is 5.57 Å². The summed E-state index contributed by atoms with van der Waals surface area (Å²) < 4.78 is 9.78. The molecule has 0 saturated carbocycles. The van der Waals surface area contributed by atoms with Crippen molar-refractivity contribution in [3.8, 4) is 0 Å². The first-order chi connectivity index (χ1) is 6.96. The number of nitrogens with two attached hydrogens (primary N) is 1. The van der Waals surface area contributed by atoms with E-state index in [0.717, 1.165) is 0 Å². The van der Waals surface area contributed by atoms with Crippen molar-refractivity contribution in [2.24, 2.45) is 5.73 Å². The van der Waals surface area contributed by atoms with Gasteiger partial charge in [0.05, 0.1) is 0 Å². The summed E-state index contributed by atoms with van der Waals surface area (Å²) in [6, 6.07) is 0. The molecule has 0 aliphatic heterocycles. The molecule has 16 heavy (non-hydrogen) atoms. The highest BCUT2D eigenvalue weighted by Crippen LogP contribution is 2.14. The summed E-state index contributed by atoms with van der Waals surface area (Å²) in [5.41, 5.74) is 3.22. The summed E-state index contributed by atoms with van der Waals surface area (Å²) >= 11 is 0. The van der Waals surface area contributed by atoms with Crippen molar-refractivity contribution >= 4 is 11.9 Å². The normalized spacial score (nSPS) is 14.9. The largest absolute Gasteiger partial charge is 0.456 e. The molecule has 1 atom stereocenters. The minimum absolute atomic E-state index is 0.167. The maximum atomic E-state index is 11.6. The molecule has 0 aromatic carbocycles. The average Bonchev–Trinajstić information content (AvgIpc) is 1.99. The van der Waals surface area contributed by atoms with Gasteiger partial charge in [0, 0.05) is 12.5 Å². The van der Waals surface area contributed by atoms with E-state index in [2.05, 4.69) is 6.58 Å². The quantitative estimate of drug-likeness (QED) is 0.445. The molecule has 5 heteroatoms. The Morgan fingerprint density at radius 2 is 1.56 bits per heavy atom. The maximum Gasteiger partial charge on any atom is 0.366 e. The molecule has 0 aliphatic carbocycles. The number of rotatable bonds is 3. The van der Waals surface area contributed by atoms with Gasteiger partial charge in [-0.3, -0.25) is 5.73 Å². The lowest BCUT2D eigenvalue weighted by molar-refractivity contribution is -0.186. The van der Waals surface area contributed by atoms with Gasteiger partial charge in [-0.25, -0.2) is 9.59 Å². The fourth-order valence-electron chi connectivity index (χ4n) is 0.701. The van der Waals surface area contributed by atoms with E-state index < -0.39 is 23.3 Å². The molecule has 0 fully saturated rings. The number of hydrogen-bond donors (Lipinski definition) is 1. The van der Waals surface area contributed by atoms with Crippen LogP contribution in [0.25, 0.3) is 0 Å². The Kier molecular flexibility index (Phi) is 4.26. The predicted molar refractivity (Wildman–Crippen MR) is 59.3 cm³/mol. The summed E-state index contributed by atoms with van der Waals surface area (Å²) in [6.07, 6.45) is 0. The second-order valence-corrected chi connectivity index (χ2v) is 4.78. The van der Waals surface area contributed by atoms with Gasteiger partial charge in [-0.05, 0) is 27.7 Å². The Bertz CT molecular complexity index is 312. The third kappa shape index (κ3) is 4.93. The Hall–Kier alpha value is -1.36. The second-order valence-electron chi connectivity index (χ2n) is 4.78. The number of hydrogen-bond acceptors (Lipinski definition) is 5. The summed E-state index contributed by atoms with van der Waals surface area (Å²) in [7, 11) is 0. The minimum atomic E-state index is -1.80. The molecule has 2 N–H and O–H groups in total. The van der Waals surface area contributed by atoms with Crippen LogP contribution >= 0.6 is 0 Å². The number of ether oxygens (including phenoxy) is 2. The highest BCUT2D eigenvalue weighted by molar-refractivity contribution is 5.90. The van der Waals surface area contributed by atoms with Crippen LogP contribution in [0.4, 0.5) is 0 Å². The highest BCUT2D eigenvalue weighted by atomic mass is 16.6. The van der Waals surface area contributed by atoms with Gasteiger partial charge >= 0.3 is 11.9 Å². The highest BCUT2D eigenvalue weighted by Gasteiger charge is 2.37. The van der Waals surface area contributed by atoms with Crippen LogP contribution in [0.2, 0.25) is 0 Å². The van der Waals surface area contributed by atoms with E-state index >= 15 is 0 Å². The zero-order valence-electron chi connectivity index (χ0n) is 10.4. The average molecular weight is 229 g/mol. The third-order valence-corrected chi connectivity index (χ3v) is 1.46. The fraction of sp³-hybridized carbons (Fsp3) is 0.636. The zero-order valence-corrected chi connectivity index (χ0v) is 10.4. The van der Waals surface area contributed by atoms with Gasteiger partial charge in [0.25, 0.3) is 5.72 Å². The standard InChI is InChI=1S/C11H19NO4/c1-7(2)8(13)15-11(6,12)9(14)16-10(3,4)5/h1,12H2,2-6H3.